The van der Waals surface area contributed by atoms with Gasteiger partial charge in [-0.25, -0.2) is 0 Å². The first-order valence-electron chi connectivity index (χ1n) is 26.9. The van der Waals surface area contributed by atoms with E-state index in [9.17, 15) is 14.4 Å². The van der Waals surface area contributed by atoms with Gasteiger partial charge in [-0.15, -0.1) is 0 Å². The van der Waals surface area contributed by atoms with Crippen molar-refractivity contribution in [3.63, 3.8) is 0 Å². The van der Waals surface area contributed by atoms with Gasteiger partial charge in [-0.2, -0.15) is 0 Å². The summed E-state index contributed by atoms with van der Waals surface area (Å²) in [5, 5.41) is 0. The Hall–Kier alpha value is -1.59. The molecule has 0 radical (unpaired) electrons. The molecule has 356 valence electrons. The summed E-state index contributed by atoms with van der Waals surface area (Å²) < 4.78 is 16.8. The van der Waals surface area contributed by atoms with Gasteiger partial charge in [-0.05, 0) is 25.2 Å². The fourth-order valence-corrected chi connectivity index (χ4v) is 8.22. The highest BCUT2D eigenvalue weighted by Crippen LogP contribution is 2.17. The number of hydrogen-bond acceptors (Lipinski definition) is 6. The summed E-state index contributed by atoms with van der Waals surface area (Å²) in [6.45, 7) is 9.02. The molecule has 0 fully saturated rings. The molecule has 0 aromatic carbocycles. The first kappa shape index (κ1) is 58.4. The zero-order chi connectivity index (χ0) is 43.8. The summed E-state index contributed by atoms with van der Waals surface area (Å²) in [7, 11) is 0. The number of carbonyl (C=O) groups is 3. The highest BCUT2D eigenvalue weighted by Gasteiger charge is 2.19. The lowest BCUT2D eigenvalue weighted by molar-refractivity contribution is -0.167. The number of hydrogen-bond donors (Lipinski definition) is 0. The largest absolute Gasteiger partial charge is 0.462 e. The van der Waals surface area contributed by atoms with Crippen LogP contribution in [0.4, 0.5) is 0 Å². The lowest BCUT2D eigenvalue weighted by atomic mass is 10.0. The molecule has 0 rings (SSSR count). The highest BCUT2D eigenvalue weighted by molar-refractivity contribution is 5.71. The van der Waals surface area contributed by atoms with Gasteiger partial charge in [-0.1, -0.05) is 265 Å². The van der Waals surface area contributed by atoms with Gasteiger partial charge < -0.3 is 14.2 Å². The van der Waals surface area contributed by atoms with Crippen molar-refractivity contribution in [2.75, 3.05) is 13.2 Å². The van der Waals surface area contributed by atoms with Crippen molar-refractivity contribution in [1.29, 1.82) is 0 Å². The van der Waals surface area contributed by atoms with Crippen molar-refractivity contribution in [3.05, 3.63) is 0 Å². The van der Waals surface area contributed by atoms with Crippen LogP contribution in [-0.2, 0) is 28.6 Å². The molecule has 0 bridgehead atoms. The van der Waals surface area contributed by atoms with Gasteiger partial charge in [0, 0.05) is 19.3 Å². The molecular formula is C54H104O6. The highest BCUT2D eigenvalue weighted by atomic mass is 16.6. The summed E-state index contributed by atoms with van der Waals surface area (Å²) >= 11 is 0. The number of unbranched alkanes of at least 4 members (excludes halogenated alkanes) is 36. The second kappa shape index (κ2) is 48.4. The second-order valence-corrected chi connectivity index (χ2v) is 19.0. The Balaban J connectivity index is 4.30. The van der Waals surface area contributed by atoms with E-state index >= 15 is 0 Å². The number of carbonyl (C=O) groups excluding carboxylic acids is 3. The third-order valence-corrected chi connectivity index (χ3v) is 12.3. The summed E-state index contributed by atoms with van der Waals surface area (Å²) in [5.41, 5.74) is 0. The van der Waals surface area contributed by atoms with Crippen LogP contribution >= 0.6 is 0 Å². The van der Waals surface area contributed by atoms with E-state index in [2.05, 4.69) is 27.7 Å². The van der Waals surface area contributed by atoms with Crippen LogP contribution in [-0.4, -0.2) is 37.2 Å². The van der Waals surface area contributed by atoms with E-state index in [1.54, 1.807) is 0 Å². The molecule has 0 aromatic heterocycles. The predicted molar refractivity (Wildman–Crippen MR) is 257 cm³/mol. The lowest BCUT2D eigenvalue weighted by Gasteiger charge is -2.18. The van der Waals surface area contributed by atoms with E-state index in [1.807, 2.05) is 0 Å². The molecule has 0 N–H and O–H groups in total. The maximum atomic E-state index is 12.8. The van der Waals surface area contributed by atoms with E-state index in [0.29, 0.717) is 19.3 Å². The molecule has 0 saturated carbocycles. The monoisotopic (exact) mass is 849 g/mol. The van der Waals surface area contributed by atoms with Crippen molar-refractivity contribution in [1.82, 2.24) is 0 Å². The SMILES string of the molecule is CCCCCCCCCCCCCCCCCCC(=O)O[C@@H](COC(=O)CCCCCCCCCCCCCCCC)COC(=O)CCCCCCCCCCCC(C)C. The Morgan fingerprint density at radius 1 is 0.317 bits per heavy atom. The first-order chi connectivity index (χ1) is 29.4. The van der Waals surface area contributed by atoms with Crippen molar-refractivity contribution in [2.45, 2.75) is 310 Å². The van der Waals surface area contributed by atoms with E-state index in [0.717, 1.165) is 63.7 Å². The molecule has 6 nitrogen and oxygen atoms in total. The molecule has 0 heterocycles. The number of rotatable bonds is 49. The van der Waals surface area contributed by atoms with Crippen LogP contribution in [0.5, 0.6) is 0 Å². The Bertz CT molecular complexity index is 903. The van der Waals surface area contributed by atoms with Crippen LogP contribution in [0.2, 0.25) is 0 Å². The van der Waals surface area contributed by atoms with Gasteiger partial charge >= 0.3 is 17.9 Å². The molecule has 6 heteroatoms. The first-order valence-corrected chi connectivity index (χ1v) is 26.9. The molecule has 0 aliphatic carbocycles. The van der Waals surface area contributed by atoms with E-state index < -0.39 is 6.10 Å². The maximum absolute atomic E-state index is 12.8. The van der Waals surface area contributed by atoms with E-state index in [4.69, 9.17) is 14.2 Å². The summed E-state index contributed by atoms with van der Waals surface area (Å²) in [6.07, 6.45) is 50.9. The zero-order valence-corrected chi connectivity index (χ0v) is 40.9. The number of ether oxygens (including phenoxy) is 3. The van der Waals surface area contributed by atoms with Crippen molar-refractivity contribution in [3.8, 4) is 0 Å². The summed E-state index contributed by atoms with van der Waals surface area (Å²) in [5.74, 6) is -0.0335. The molecule has 0 aliphatic heterocycles. The van der Waals surface area contributed by atoms with Gasteiger partial charge in [-0.3, -0.25) is 14.4 Å². The fourth-order valence-electron chi connectivity index (χ4n) is 8.22. The van der Waals surface area contributed by atoms with Crippen LogP contribution in [0, 0.1) is 5.92 Å². The fraction of sp³-hybridized carbons (Fsp3) is 0.944. The average Bonchev–Trinajstić information content (AvgIpc) is 3.23. The van der Waals surface area contributed by atoms with Crippen molar-refractivity contribution in [2.24, 2.45) is 5.92 Å². The minimum absolute atomic E-state index is 0.0626. The van der Waals surface area contributed by atoms with Crippen LogP contribution in [0.3, 0.4) is 0 Å². The van der Waals surface area contributed by atoms with E-state index in [-0.39, 0.29) is 31.1 Å². The number of esters is 3. The smallest absolute Gasteiger partial charge is 0.306 e. The standard InChI is InChI=1S/C54H104O6/c1-5-7-9-11-13-15-17-19-21-22-24-26-30-35-39-43-47-54(57)60-51(49-59-53(56)46-42-38-34-31-27-28-32-36-40-44-50(3)4)48-58-52(55)45-41-37-33-29-25-23-20-18-16-14-12-10-8-6-2/h50-51H,5-49H2,1-4H3/t51-/m0/s1. The van der Waals surface area contributed by atoms with Crippen LogP contribution < -0.4 is 0 Å². The molecule has 0 unspecified atom stereocenters. The van der Waals surface area contributed by atoms with Crippen LogP contribution in [0.1, 0.15) is 304 Å². The molecule has 0 aromatic rings. The third kappa shape index (κ3) is 47.5. The Morgan fingerprint density at radius 3 is 0.817 bits per heavy atom. The zero-order valence-electron chi connectivity index (χ0n) is 40.9. The molecule has 0 saturated heterocycles. The summed E-state index contributed by atoms with van der Waals surface area (Å²) in [4.78, 5) is 38.0. The Morgan fingerprint density at radius 2 is 0.550 bits per heavy atom. The molecule has 1 atom stereocenters. The normalized spacial score (nSPS) is 11.9. The van der Waals surface area contributed by atoms with Crippen molar-refractivity contribution < 1.29 is 28.6 Å². The van der Waals surface area contributed by atoms with Crippen molar-refractivity contribution >= 4 is 17.9 Å². The second-order valence-electron chi connectivity index (χ2n) is 19.0. The lowest BCUT2D eigenvalue weighted by Crippen LogP contribution is -2.30. The van der Waals surface area contributed by atoms with Crippen LogP contribution in [0.25, 0.3) is 0 Å². The van der Waals surface area contributed by atoms with Gasteiger partial charge in [0.25, 0.3) is 0 Å². The van der Waals surface area contributed by atoms with Gasteiger partial charge in [0.2, 0.25) is 0 Å². The summed E-state index contributed by atoms with van der Waals surface area (Å²) in [6, 6.07) is 0. The minimum atomic E-state index is -0.761. The Labute approximate surface area is 374 Å². The third-order valence-electron chi connectivity index (χ3n) is 12.3. The molecule has 60 heavy (non-hydrogen) atoms. The van der Waals surface area contributed by atoms with E-state index in [1.165, 1.54) is 199 Å². The predicted octanol–water partition coefficient (Wildman–Crippen LogP) is 17.5. The molecule has 0 spiro atoms. The minimum Gasteiger partial charge on any atom is -0.462 e. The van der Waals surface area contributed by atoms with Gasteiger partial charge in [0.05, 0.1) is 0 Å². The van der Waals surface area contributed by atoms with Gasteiger partial charge in [0.15, 0.2) is 6.10 Å². The molecule has 0 aliphatic rings. The van der Waals surface area contributed by atoms with Gasteiger partial charge in [0.1, 0.15) is 13.2 Å². The van der Waals surface area contributed by atoms with Crippen LogP contribution in [0.15, 0.2) is 0 Å². The average molecular weight is 849 g/mol. The molecule has 0 amide bonds. The Kier molecular flexibility index (Phi) is 47.2. The quantitative estimate of drug-likeness (QED) is 0.0345. The topological polar surface area (TPSA) is 78.9 Å². The molecular weight excluding hydrogens is 745 g/mol. The maximum Gasteiger partial charge on any atom is 0.306 e.